The first-order chi connectivity index (χ1) is 9.58. The zero-order valence-corrected chi connectivity index (χ0v) is 12.1. The molecule has 1 fully saturated rings. The van der Waals surface area contributed by atoms with Crippen molar-refractivity contribution >= 4 is 6.03 Å². The number of nitrogens with one attached hydrogen (secondary N) is 1. The van der Waals surface area contributed by atoms with E-state index in [9.17, 15) is 4.79 Å². The summed E-state index contributed by atoms with van der Waals surface area (Å²) in [6.07, 6.45) is 3.67. The Kier molecular flexibility index (Phi) is 4.76. The summed E-state index contributed by atoms with van der Waals surface area (Å²) in [5, 5.41) is 6.70. The predicted octanol–water partition coefficient (Wildman–Crippen LogP) is 1.99. The van der Waals surface area contributed by atoms with Gasteiger partial charge in [0, 0.05) is 19.5 Å². The van der Waals surface area contributed by atoms with E-state index in [4.69, 9.17) is 4.52 Å². The van der Waals surface area contributed by atoms with E-state index >= 15 is 0 Å². The van der Waals surface area contributed by atoms with Crippen molar-refractivity contribution in [1.82, 2.24) is 20.4 Å². The highest BCUT2D eigenvalue weighted by atomic mass is 16.5. The quantitative estimate of drug-likeness (QED) is 0.836. The second-order valence-electron chi connectivity index (χ2n) is 5.59. The summed E-state index contributed by atoms with van der Waals surface area (Å²) in [4.78, 5) is 18.0. The first-order valence-electron chi connectivity index (χ1n) is 7.05. The largest absolute Gasteiger partial charge is 0.337 e. The van der Waals surface area contributed by atoms with Gasteiger partial charge in [0.05, 0.1) is 6.54 Å². The van der Waals surface area contributed by atoms with Gasteiger partial charge in [-0.3, -0.25) is 0 Å². The fraction of sp³-hybridized carbons (Fsp3) is 0.643. The first-order valence-corrected chi connectivity index (χ1v) is 7.05. The minimum atomic E-state index is -0.0852. The lowest BCUT2D eigenvalue weighted by Crippen LogP contribution is -2.38. The van der Waals surface area contributed by atoms with Crippen LogP contribution in [0.1, 0.15) is 32.0 Å². The zero-order chi connectivity index (χ0) is 14.5. The number of hydrogen-bond acceptors (Lipinski definition) is 4. The van der Waals surface area contributed by atoms with Crippen LogP contribution < -0.4 is 5.32 Å². The van der Waals surface area contributed by atoms with Crippen LogP contribution in [-0.2, 0) is 13.0 Å². The predicted molar refractivity (Wildman–Crippen MR) is 75.0 cm³/mol. The molecule has 2 amide bonds. The number of aromatic nitrogens is 2. The molecule has 1 N–H and O–H groups in total. The number of amides is 2. The van der Waals surface area contributed by atoms with Crippen molar-refractivity contribution in [3.05, 3.63) is 24.4 Å². The lowest BCUT2D eigenvalue weighted by molar-refractivity contribution is 0.205. The molecule has 1 aliphatic heterocycles. The molecule has 0 saturated carbocycles. The monoisotopic (exact) mass is 278 g/mol. The van der Waals surface area contributed by atoms with Gasteiger partial charge in [-0.05, 0) is 18.3 Å². The van der Waals surface area contributed by atoms with E-state index in [1.165, 1.54) is 0 Å². The smallest absolute Gasteiger partial charge is 0.317 e. The SMILES string of the molecule is C=C[C@H]1CCN(C(=O)NCc2nc(CC(C)C)no2)C1. The van der Waals surface area contributed by atoms with Gasteiger partial charge in [0.15, 0.2) is 5.82 Å². The fourth-order valence-electron chi connectivity index (χ4n) is 2.24. The van der Waals surface area contributed by atoms with E-state index < -0.39 is 0 Å². The minimum absolute atomic E-state index is 0.0852. The van der Waals surface area contributed by atoms with E-state index in [1.807, 2.05) is 6.08 Å². The van der Waals surface area contributed by atoms with Crippen LogP contribution in [0.5, 0.6) is 0 Å². The standard InChI is InChI=1S/C14H22N4O2/c1-4-11-5-6-18(9-11)14(19)15-8-13-16-12(17-20-13)7-10(2)3/h4,10-11H,1,5-9H2,2-3H3,(H,15,19)/t11-/m0/s1. The first kappa shape index (κ1) is 14.6. The third-order valence-corrected chi connectivity index (χ3v) is 3.34. The van der Waals surface area contributed by atoms with Crippen LogP contribution >= 0.6 is 0 Å². The molecule has 20 heavy (non-hydrogen) atoms. The molecule has 1 aliphatic rings. The van der Waals surface area contributed by atoms with Crippen LogP contribution in [0.15, 0.2) is 17.2 Å². The molecule has 6 heteroatoms. The number of carbonyl (C=O) groups excluding carboxylic acids is 1. The van der Waals surface area contributed by atoms with Crippen LogP contribution in [0.25, 0.3) is 0 Å². The molecule has 6 nitrogen and oxygen atoms in total. The Balaban J connectivity index is 1.78. The average molecular weight is 278 g/mol. The second-order valence-corrected chi connectivity index (χ2v) is 5.59. The fourth-order valence-corrected chi connectivity index (χ4v) is 2.24. The maximum absolute atomic E-state index is 12.0. The van der Waals surface area contributed by atoms with Crippen molar-refractivity contribution in [3.63, 3.8) is 0 Å². The van der Waals surface area contributed by atoms with Gasteiger partial charge in [-0.25, -0.2) is 4.79 Å². The van der Waals surface area contributed by atoms with E-state index in [-0.39, 0.29) is 12.6 Å². The molecule has 2 heterocycles. The van der Waals surface area contributed by atoms with Gasteiger partial charge in [-0.2, -0.15) is 4.98 Å². The highest BCUT2D eigenvalue weighted by molar-refractivity contribution is 5.74. The lowest BCUT2D eigenvalue weighted by Gasteiger charge is -2.15. The third kappa shape index (κ3) is 3.82. The van der Waals surface area contributed by atoms with Crippen molar-refractivity contribution in [2.75, 3.05) is 13.1 Å². The Bertz CT molecular complexity index is 469. The van der Waals surface area contributed by atoms with Crippen LogP contribution in [0.2, 0.25) is 0 Å². The van der Waals surface area contributed by atoms with Gasteiger partial charge in [0.1, 0.15) is 0 Å². The molecule has 0 bridgehead atoms. The summed E-state index contributed by atoms with van der Waals surface area (Å²) in [7, 11) is 0. The molecule has 2 rings (SSSR count). The second kappa shape index (κ2) is 6.54. The Hall–Kier alpha value is -1.85. The third-order valence-electron chi connectivity index (χ3n) is 3.34. The van der Waals surface area contributed by atoms with Gasteiger partial charge in [-0.15, -0.1) is 6.58 Å². The van der Waals surface area contributed by atoms with Crippen LogP contribution in [0, 0.1) is 11.8 Å². The number of hydrogen-bond donors (Lipinski definition) is 1. The van der Waals surface area contributed by atoms with Crippen molar-refractivity contribution in [2.45, 2.75) is 33.2 Å². The van der Waals surface area contributed by atoms with Gasteiger partial charge in [0.2, 0.25) is 5.89 Å². The van der Waals surface area contributed by atoms with Crippen molar-refractivity contribution in [2.24, 2.45) is 11.8 Å². The van der Waals surface area contributed by atoms with Crippen molar-refractivity contribution < 1.29 is 9.32 Å². The van der Waals surface area contributed by atoms with Crippen LogP contribution in [0.3, 0.4) is 0 Å². The number of carbonyl (C=O) groups is 1. The topological polar surface area (TPSA) is 71.3 Å². The van der Waals surface area contributed by atoms with Gasteiger partial charge in [0.25, 0.3) is 0 Å². The molecule has 0 aliphatic carbocycles. The number of urea groups is 1. The number of likely N-dealkylation sites (tertiary alicyclic amines) is 1. The molecule has 1 saturated heterocycles. The summed E-state index contributed by atoms with van der Waals surface area (Å²) in [6.45, 7) is 9.74. The van der Waals surface area contributed by atoms with Crippen molar-refractivity contribution in [3.8, 4) is 0 Å². The maximum Gasteiger partial charge on any atom is 0.317 e. The van der Waals surface area contributed by atoms with Crippen LogP contribution in [0.4, 0.5) is 4.79 Å². The van der Waals surface area contributed by atoms with Gasteiger partial charge < -0.3 is 14.7 Å². The molecule has 1 aromatic rings. The van der Waals surface area contributed by atoms with Gasteiger partial charge >= 0.3 is 6.03 Å². The van der Waals surface area contributed by atoms with E-state index in [1.54, 1.807) is 4.90 Å². The van der Waals surface area contributed by atoms with Crippen molar-refractivity contribution in [1.29, 1.82) is 0 Å². The molecule has 0 aromatic carbocycles. The summed E-state index contributed by atoms with van der Waals surface area (Å²) in [5.74, 6) is 2.03. The summed E-state index contributed by atoms with van der Waals surface area (Å²) >= 11 is 0. The molecular formula is C14H22N4O2. The minimum Gasteiger partial charge on any atom is -0.337 e. The highest BCUT2D eigenvalue weighted by Gasteiger charge is 2.24. The number of nitrogens with zero attached hydrogens (tertiary/aromatic N) is 3. The Morgan fingerprint density at radius 2 is 2.45 bits per heavy atom. The van der Waals surface area contributed by atoms with Gasteiger partial charge in [-0.1, -0.05) is 25.1 Å². The Morgan fingerprint density at radius 1 is 1.65 bits per heavy atom. The average Bonchev–Trinajstić information content (AvgIpc) is 3.04. The lowest BCUT2D eigenvalue weighted by atomic mass is 10.1. The van der Waals surface area contributed by atoms with E-state index in [0.717, 1.165) is 25.9 Å². The molecule has 0 spiro atoms. The Morgan fingerprint density at radius 3 is 3.10 bits per heavy atom. The highest BCUT2D eigenvalue weighted by Crippen LogP contribution is 2.16. The molecule has 0 unspecified atom stereocenters. The number of rotatable bonds is 5. The molecule has 1 atom stereocenters. The molecule has 0 radical (unpaired) electrons. The molecule has 1 aromatic heterocycles. The normalized spacial score (nSPS) is 18.6. The molecular weight excluding hydrogens is 256 g/mol. The summed E-state index contributed by atoms with van der Waals surface area (Å²) in [6, 6.07) is -0.0852. The Labute approximate surface area is 119 Å². The van der Waals surface area contributed by atoms with E-state index in [0.29, 0.717) is 23.6 Å². The summed E-state index contributed by atoms with van der Waals surface area (Å²) < 4.78 is 5.11. The van der Waals surface area contributed by atoms with E-state index in [2.05, 4.69) is 35.9 Å². The summed E-state index contributed by atoms with van der Waals surface area (Å²) in [5.41, 5.74) is 0. The zero-order valence-electron chi connectivity index (χ0n) is 12.1. The maximum atomic E-state index is 12.0. The molecule has 110 valence electrons. The van der Waals surface area contributed by atoms with Crippen LogP contribution in [-0.4, -0.2) is 34.2 Å².